The van der Waals surface area contributed by atoms with E-state index in [0.717, 1.165) is 32.1 Å². The van der Waals surface area contributed by atoms with Crippen molar-refractivity contribution in [3.8, 4) is 0 Å². The van der Waals surface area contributed by atoms with Crippen LogP contribution in [0.25, 0.3) is 0 Å². The van der Waals surface area contributed by atoms with Crippen LogP contribution in [0.5, 0.6) is 0 Å². The number of rotatable bonds is 6. The van der Waals surface area contributed by atoms with E-state index < -0.39 is 0 Å². The zero-order chi connectivity index (χ0) is 14.4. The van der Waals surface area contributed by atoms with Crippen LogP contribution in [0.2, 0.25) is 0 Å². The maximum absolute atomic E-state index is 12.3. The molecular formula is C16H31N3O. The lowest BCUT2D eigenvalue weighted by Gasteiger charge is -2.37. The molecule has 0 radical (unpaired) electrons. The predicted octanol–water partition coefficient (Wildman–Crippen LogP) is 1.84. The zero-order valence-corrected chi connectivity index (χ0v) is 13.0. The third-order valence-corrected chi connectivity index (χ3v) is 5.00. The molecule has 116 valence electrons. The lowest BCUT2D eigenvalue weighted by Crippen LogP contribution is -2.47. The molecule has 2 saturated heterocycles. The Balaban J connectivity index is 1.78. The number of hydrogen-bond acceptors (Lipinski definition) is 3. The average Bonchev–Trinajstić information content (AvgIpc) is 3.00. The molecule has 0 aliphatic carbocycles. The Labute approximate surface area is 123 Å². The van der Waals surface area contributed by atoms with Gasteiger partial charge in [-0.2, -0.15) is 0 Å². The summed E-state index contributed by atoms with van der Waals surface area (Å²) in [7, 11) is 0. The monoisotopic (exact) mass is 281 g/mol. The van der Waals surface area contributed by atoms with Crippen LogP contribution in [0.4, 0.5) is 0 Å². The summed E-state index contributed by atoms with van der Waals surface area (Å²) in [5.41, 5.74) is 5.93. The summed E-state index contributed by atoms with van der Waals surface area (Å²) in [4.78, 5) is 16.7. The summed E-state index contributed by atoms with van der Waals surface area (Å²) < 4.78 is 0. The lowest BCUT2D eigenvalue weighted by molar-refractivity contribution is -0.131. The van der Waals surface area contributed by atoms with Gasteiger partial charge in [-0.05, 0) is 44.7 Å². The maximum Gasteiger partial charge on any atom is 0.224 e. The van der Waals surface area contributed by atoms with E-state index in [9.17, 15) is 4.79 Å². The molecule has 1 atom stereocenters. The fourth-order valence-corrected chi connectivity index (χ4v) is 3.67. The molecule has 0 aromatic carbocycles. The van der Waals surface area contributed by atoms with Gasteiger partial charge in [0.2, 0.25) is 5.91 Å². The molecule has 1 amide bonds. The molecule has 0 aromatic rings. The van der Waals surface area contributed by atoms with E-state index in [1.807, 2.05) is 4.90 Å². The minimum atomic E-state index is 0.255. The Morgan fingerprint density at radius 1 is 1.20 bits per heavy atom. The molecule has 4 heteroatoms. The normalized spacial score (nSPS) is 23.2. The smallest absolute Gasteiger partial charge is 0.224 e. The Morgan fingerprint density at radius 2 is 1.85 bits per heavy atom. The van der Waals surface area contributed by atoms with Gasteiger partial charge in [-0.25, -0.2) is 0 Å². The molecule has 0 bridgehead atoms. The van der Waals surface area contributed by atoms with Crippen LogP contribution < -0.4 is 5.73 Å². The fourth-order valence-electron chi connectivity index (χ4n) is 3.67. The molecular weight excluding hydrogens is 250 g/mol. The van der Waals surface area contributed by atoms with Crippen LogP contribution >= 0.6 is 0 Å². The molecule has 2 aliphatic rings. The number of likely N-dealkylation sites (tertiary alicyclic amines) is 2. The highest BCUT2D eigenvalue weighted by atomic mass is 16.2. The highest BCUT2D eigenvalue weighted by molar-refractivity contribution is 5.77. The molecule has 2 heterocycles. The minimum absolute atomic E-state index is 0.255. The van der Waals surface area contributed by atoms with E-state index in [-0.39, 0.29) is 6.04 Å². The summed E-state index contributed by atoms with van der Waals surface area (Å²) in [5, 5.41) is 0. The number of hydrogen-bond donors (Lipinski definition) is 1. The van der Waals surface area contributed by atoms with Crippen LogP contribution in [0, 0.1) is 5.92 Å². The highest BCUT2D eigenvalue weighted by Gasteiger charge is 2.27. The van der Waals surface area contributed by atoms with Crippen molar-refractivity contribution in [3.05, 3.63) is 0 Å². The highest BCUT2D eigenvalue weighted by Crippen LogP contribution is 2.24. The van der Waals surface area contributed by atoms with E-state index in [2.05, 4.69) is 11.8 Å². The lowest BCUT2D eigenvalue weighted by atomic mass is 9.91. The predicted molar refractivity (Wildman–Crippen MR) is 82.5 cm³/mol. The summed E-state index contributed by atoms with van der Waals surface area (Å²) in [5.74, 6) is 1.21. The number of nitrogens with zero attached hydrogens (tertiary/aromatic N) is 2. The van der Waals surface area contributed by atoms with Crippen molar-refractivity contribution in [2.24, 2.45) is 11.7 Å². The molecule has 2 rings (SSSR count). The standard InChI is InChI=1S/C16H31N3O/c1-2-5-14-6-10-18(11-7-14)15(13-17)12-16(20)19-8-3-4-9-19/h14-15H,2-13,17H2,1H3. The van der Waals surface area contributed by atoms with Crippen LogP contribution in [0.15, 0.2) is 0 Å². The number of carbonyl (C=O) groups is 1. The van der Waals surface area contributed by atoms with Gasteiger partial charge in [0.05, 0.1) is 0 Å². The minimum Gasteiger partial charge on any atom is -0.343 e. The third-order valence-electron chi connectivity index (χ3n) is 5.00. The fraction of sp³-hybridized carbons (Fsp3) is 0.938. The second kappa shape index (κ2) is 7.99. The maximum atomic E-state index is 12.3. The van der Waals surface area contributed by atoms with Crippen molar-refractivity contribution in [2.45, 2.75) is 57.9 Å². The SMILES string of the molecule is CCCC1CCN(C(CN)CC(=O)N2CCCC2)CC1. The van der Waals surface area contributed by atoms with Gasteiger partial charge in [-0.15, -0.1) is 0 Å². The summed E-state index contributed by atoms with van der Waals surface area (Å²) in [6.07, 6.45) is 8.16. The van der Waals surface area contributed by atoms with Gasteiger partial charge in [0.1, 0.15) is 0 Å². The van der Waals surface area contributed by atoms with Crippen molar-refractivity contribution in [3.63, 3.8) is 0 Å². The van der Waals surface area contributed by atoms with Crippen molar-refractivity contribution in [1.29, 1.82) is 0 Å². The van der Waals surface area contributed by atoms with E-state index >= 15 is 0 Å². The van der Waals surface area contributed by atoms with Crippen LogP contribution in [0.1, 0.15) is 51.9 Å². The summed E-state index contributed by atoms with van der Waals surface area (Å²) in [6.45, 7) is 7.03. The topological polar surface area (TPSA) is 49.6 Å². The van der Waals surface area contributed by atoms with Gasteiger partial charge in [0, 0.05) is 32.1 Å². The van der Waals surface area contributed by atoms with Gasteiger partial charge in [0.15, 0.2) is 0 Å². The van der Waals surface area contributed by atoms with Crippen LogP contribution in [0.3, 0.4) is 0 Å². The first kappa shape index (κ1) is 15.8. The van der Waals surface area contributed by atoms with Gasteiger partial charge in [-0.1, -0.05) is 19.8 Å². The van der Waals surface area contributed by atoms with E-state index in [0.29, 0.717) is 18.9 Å². The quantitative estimate of drug-likeness (QED) is 0.808. The Morgan fingerprint density at radius 3 is 2.40 bits per heavy atom. The Kier molecular flexibility index (Phi) is 6.30. The second-order valence-corrected chi connectivity index (χ2v) is 6.45. The van der Waals surface area contributed by atoms with Crippen molar-refractivity contribution in [1.82, 2.24) is 9.80 Å². The van der Waals surface area contributed by atoms with Crippen molar-refractivity contribution >= 4 is 5.91 Å². The first-order chi connectivity index (χ1) is 9.74. The molecule has 20 heavy (non-hydrogen) atoms. The molecule has 0 spiro atoms. The van der Waals surface area contributed by atoms with E-state index in [4.69, 9.17) is 5.73 Å². The average molecular weight is 281 g/mol. The number of carbonyl (C=O) groups excluding carboxylic acids is 1. The first-order valence-electron chi connectivity index (χ1n) is 8.46. The van der Waals surface area contributed by atoms with E-state index in [1.165, 1.54) is 38.5 Å². The van der Waals surface area contributed by atoms with Crippen LogP contribution in [-0.4, -0.2) is 54.5 Å². The van der Waals surface area contributed by atoms with Crippen molar-refractivity contribution < 1.29 is 4.79 Å². The molecule has 4 nitrogen and oxygen atoms in total. The second-order valence-electron chi connectivity index (χ2n) is 6.45. The van der Waals surface area contributed by atoms with Gasteiger partial charge >= 0.3 is 0 Å². The van der Waals surface area contributed by atoms with E-state index in [1.54, 1.807) is 0 Å². The third kappa shape index (κ3) is 4.19. The first-order valence-corrected chi connectivity index (χ1v) is 8.46. The summed E-state index contributed by atoms with van der Waals surface area (Å²) in [6, 6.07) is 0.255. The van der Waals surface area contributed by atoms with Crippen molar-refractivity contribution in [2.75, 3.05) is 32.7 Å². The van der Waals surface area contributed by atoms with Crippen LogP contribution in [-0.2, 0) is 4.79 Å². The molecule has 1 unspecified atom stereocenters. The number of amides is 1. The zero-order valence-electron chi connectivity index (χ0n) is 13.0. The Hall–Kier alpha value is -0.610. The molecule has 2 fully saturated rings. The van der Waals surface area contributed by atoms with Gasteiger partial charge in [0.25, 0.3) is 0 Å². The number of nitrogens with two attached hydrogens (primary N) is 1. The number of piperidine rings is 1. The molecule has 0 aromatic heterocycles. The van der Waals surface area contributed by atoms with Gasteiger partial charge in [-0.3, -0.25) is 9.69 Å². The summed E-state index contributed by atoms with van der Waals surface area (Å²) >= 11 is 0. The van der Waals surface area contributed by atoms with Gasteiger partial charge < -0.3 is 10.6 Å². The molecule has 2 N–H and O–H groups in total. The molecule has 0 saturated carbocycles. The largest absolute Gasteiger partial charge is 0.343 e. The Bertz CT molecular complexity index is 294. The molecule has 2 aliphatic heterocycles.